The monoisotopic (exact) mass is 605 g/mol. The first-order valence-corrected chi connectivity index (χ1v) is 15.3. The van der Waals surface area contributed by atoms with Crippen molar-refractivity contribution in [2.24, 2.45) is 0 Å². The van der Waals surface area contributed by atoms with Gasteiger partial charge in [0.25, 0.3) is 0 Å². The molecule has 1 saturated heterocycles. The van der Waals surface area contributed by atoms with Gasteiger partial charge in [-0.1, -0.05) is 47.6 Å². The van der Waals surface area contributed by atoms with Gasteiger partial charge in [0.15, 0.2) is 11.5 Å². The topological polar surface area (TPSA) is 67.2 Å². The van der Waals surface area contributed by atoms with Crippen LogP contribution in [0.1, 0.15) is 30.2 Å². The molecule has 220 valence electrons. The summed E-state index contributed by atoms with van der Waals surface area (Å²) in [6, 6.07) is 25.9. The van der Waals surface area contributed by atoms with E-state index in [4.69, 9.17) is 25.5 Å². The molecule has 0 saturated carbocycles. The second-order valence-corrected chi connectivity index (χ2v) is 11.7. The van der Waals surface area contributed by atoms with Gasteiger partial charge in [-0.25, -0.2) is 4.79 Å². The second-order valence-electron chi connectivity index (χ2n) is 10.2. The Hall–Kier alpha value is -3.59. The molecule has 2 amide bonds. The first kappa shape index (κ1) is 29.9. The molecule has 1 fully saturated rings. The molecule has 2 heterocycles. The van der Waals surface area contributed by atoms with Gasteiger partial charge in [-0.3, -0.25) is 4.90 Å². The van der Waals surface area contributed by atoms with Gasteiger partial charge in [0.05, 0.1) is 26.5 Å². The van der Waals surface area contributed by atoms with E-state index in [9.17, 15) is 4.79 Å². The lowest BCUT2D eigenvalue weighted by Gasteiger charge is -2.25. The van der Waals surface area contributed by atoms with Crippen molar-refractivity contribution in [1.29, 1.82) is 0 Å². The number of ether oxygens (including phenoxy) is 2. The number of rotatable bonds is 12. The highest BCUT2D eigenvalue weighted by molar-refractivity contribution is 7.99. The van der Waals surface area contributed by atoms with Crippen LogP contribution in [0.2, 0.25) is 5.02 Å². The van der Waals surface area contributed by atoms with Gasteiger partial charge < -0.3 is 24.1 Å². The highest BCUT2D eigenvalue weighted by atomic mass is 35.5. The van der Waals surface area contributed by atoms with Gasteiger partial charge in [0.2, 0.25) is 0 Å². The molecule has 5 rings (SSSR count). The van der Waals surface area contributed by atoms with Crippen molar-refractivity contribution < 1.29 is 18.7 Å². The normalized spacial score (nSPS) is 15.0. The molecule has 7 nitrogen and oxygen atoms in total. The number of nitrogens with one attached hydrogen (secondary N) is 1. The molecule has 42 heavy (non-hydrogen) atoms. The van der Waals surface area contributed by atoms with Crippen molar-refractivity contribution in [3.63, 3.8) is 0 Å². The Morgan fingerprint density at radius 1 is 1.07 bits per heavy atom. The fourth-order valence-electron chi connectivity index (χ4n) is 5.06. The summed E-state index contributed by atoms with van der Waals surface area (Å²) in [5.74, 6) is 2.06. The van der Waals surface area contributed by atoms with Crippen LogP contribution < -0.4 is 14.8 Å². The molecule has 1 aromatic heterocycles. The Labute approximate surface area is 256 Å². The largest absolute Gasteiger partial charge is 0.493 e. The standard InChI is InChI=1S/C33H36ClN3O4S/c1-3-40-30-15-10-24(19-31(30)39-2)20-37(23-28-8-6-18-41-28)33(38)35-27-16-17-36(22-27)21-25-7-4-5-9-32(25)42-29-13-11-26(34)12-14-29/h4-15,18-19,27H,3,16-17,20-23H2,1-2H3,(H,35,38). The van der Waals surface area contributed by atoms with Crippen molar-refractivity contribution in [2.75, 3.05) is 26.8 Å². The number of halogens is 1. The molecule has 1 aliphatic rings. The summed E-state index contributed by atoms with van der Waals surface area (Å²) in [5.41, 5.74) is 2.22. The van der Waals surface area contributed by atoms with E-state index < -0.39 is 0 Å². The van der Waals surface area contributed by atoms with E-state index >= 15 is 0 Å². The van der Waals surface area contributed by atoms with Crippen molar-refractivity contribution >= 4 is 29.4 Å². The van der Waals surface area contributed by atoms with Crippen LogP contribution in [0, 0.1) is 0 Å². The number of methoxy groups -OCH3 is 1. The fourth-order valence-corrected chi connectivity index (χ4v) is 6.12. The van der Waals surface area contributed by atoms with Gasteiger partial charge in [0, 0.05) is 47.0 Å². The van der Waals surface area contributed by atoms with Crippen LogP contribution in [0.4, 0.5) is 4.79 Å². The summed E-state index contributed by atoms with van der Waals surface area (Å²) in [4.78, 5) is 20.1. The predicted octanol–water partition coefficient (Wildman–Crippen LogP) is 7.48. The van der Waals surface area contributed by atoms with Crippen LogP contribution in [-0.2, 0) is 19.6 Å². The molecule has 1 atom stereocenters. The Morgan fingerprint density at radius 3 is 2.67 bits per heavy atom. The zero-order valence-electron chi connectivity index (χ0n) is 23.9. The molecule has 1 aliphatic heterocycles. The van der Waals surface area contributed by atoms with Crippen LogP contribution in [0.5, 0.6) is 11.5 Å². The number of carbonyl (C=O) groups excluding carboxylic acids is 1. The Bertz CT molecular complexity index is 1450. The van der Waals surface area contributed by atoms with Gasteiger partial charge in [-0.2, -0.15) is 0 Å². The average Bonchev–Trinajstić information content (AvgIpc) is 3.68. The molecule has 3 aromatic carbocycles. The molecule has 0 spiro atoms. The van der Waals surface area contributed by atoms with Gasteiger partial charge >= 0.3 is 6.03 Å². The molecular formula is C33H36ClN3O4S. The average molecular weight is 606 g/mol. The first-order chi connectivity index (χ1) is 20.5. The Kier molecular flexibility index (Phi) is 10.3. The number of carbonyl (C=O) groups is 1. The molecule has 9 heteroatoms. The van der Waals surface area contributed by atoms with Crippen molar-refractivity contribution in [2.45, 2.75) is 48.8 Å². The minimum absolute atomic E-state index is 0.0579. The zero-order chi connectivity index (χ0) is 29.3. The summed E-state index contributed by atoms with van der Waals surface area (Å²) in [7, 11) is 1.62. The fraction of sp³-hybridized carbons (Fsp3) is 0.303. The lowest BCUT2D eigenvalue weighted by atomic mass is 10.2. The second kappa shape index (κ2) is 14.5. The quantitative estimate of drug-likeness (QED) is 0.181. The molecule has 0 bridgehead atoms. The van der Waals surface area contributed by atoms with Gasteiger partial charge in [-0.05, 0) is 79.1 Å². The van der Waals surface area contributed by atoms with Crippen LogP contribution in [0.15, 0.2) is 99.3 Å². The Balaban J connectivity index is 1.22. The maximum atomic E-state index is 13.6. The highest BCUT2D eigenvalue weighted by Gasteiger charge is 2.27. The maximum Gasteiger partial charge on any atom is 0.318 e. The number of furan rings is 1. The number of hydrogen-bond acceptors (Lipinski definition) is 6. The highest BCUT2D eigenvalue weighted by Crippen LogP contribution is 2.32. The predicted molar refractivity (Wildman–Crippen MR) is 166 cm³/mol. The van der Waals surface area contributed by atoms with Crippen molar-refractivity contribution in [3.8, 4) is 11.5 Å². The third-order valence-electron chi connectivity index (χ3n) is 7.12. The van der Waals surface area contributed by atoms with Crippen LogP contribution in [0.25, 0.3) is 0 Å². The minimum atomic E-state index is -0.121. The van der Waals surface area contributed by atoms with Crippen molar-refractivity contribution in [3.05, 3.63) is 107 Å². The lowest BCUT2D eigenvalue weighted by molar-refractivity contribution is 0.183. The SMILES string of the molecule is CCOc1ccc(CN(Cc2ccco2)C(=O)NC2CCN(Cc3ccccc3Sc3ccc(Cl)cc3)C2)cc1OC. The van der Waals surface area contributed by atoms with E-state index in [0.717, 1.165) is 47.3 Å². The number of hydrogen-bond donors (Lipinski definition) is 1. The number of urea groups is 1. The number of likely N-dealkylation sites (tertiary alicyclic amines) is 1. The molecule has 0 aliphatic carbocycles. The molecule has 0 radical (unpaired) electrons. The van der Waals surface area contributed by atoms with Crippen LogP contribution in [0.3, 0.4) is 0 Å². The van der Waals surface area contributed by atoms with Crippen LogP contribution >= 0.6 is 23.4 Å². The molecule has 4 aromatic rings. The molecule has 1 unspecified atom stereocenters. The third kappa shape index (κ3) is 8.03. The van der Waals surface area contributed by atoms with Crippen molar-refractivity contribution in [1.82, 2.24) is 15.1 Å². The number of benzene rings is 3. The summed E-state index contributed by atoms with van der Waals surface area (Å²) < 4.78 is 16.8. The molecular weight excluding hydrogens is 570 g/mol. The first-order valence-electron chi connectivity index (χ1n) is 14.1. The summed E-state index contributed by atoms with van der Waals surface area (Å²) in [6.07, 6.45) is 2.52. The summed E-state index contributed by atoms with van der Waals surface area (Å²) in [5, 5.41) is 4.01. The van der Waals surface area contributed by atoms with E-state index in [2.05, 4.69) is 34.5 Å². The van der Waals surface area contributed by atoms with E-state index in [0.29, 0.717) is 31.2 Å². The van der Waals surface area contributed by atoms with E-state index in [-0.39, 0.29) is 12.1 Å². The van der Waals surface area contributed by atoms with E-state index in [1.165, 1.54) is 10.5 Å². The number of amides is 2. The maximum absolute atomic E-state index is 13.6. The number of nitrogens with zero attached hydrogens (tertiary/aromatic N) is 2. The van der Waals surface area contributed by atoms with E-state index in [1.54, 1.807) is 30.0 Å². The van der Waals surface area contributed by atoms with Gasteiger partial charge in [0.1, 0.15) is 5.76 Å². The Morgan fingerprint density at radius 2 is 1.90 bits per heavy atom. The zero-order valence-corrected chi connectivity index (χ0v) is 25.5. The smallest absolute Gasteiger partial charge is 0.318 e. The minimum Gasteiger partial charge on any atom is -0.493 e. The van der Waals surface area contributed by atoms with Crippen LogP contribution in [-0.4, -0.2) is 48.7 Å². The summed E-state index contributed by atoms with van der Waals surface area (Å²) in [6.45, 7) is 5.78. The van der Waals surface area contributed by atoms with Gasteiger partial charge in [-0.15, -0.1) is 0 Å². The third-order valence-corrected chi connectivity index (χ3v) is 8.50. The summed E-state index contributed by atoms with van der Waals surface area (Å²) >= 11 is 7.81. The lowest BCUT2D eigenvalue weighted by Crippen LogP contribution is -2.45. The molecule has 1 N–H and O–H groups in total. The van der Waals surface area contributed by atoms with E-state index in [1.807, 2.05) is 61.5 Å².